The van der Waals surface area contributed by atoms with Crippen LogP contribution in [0.2, 0.25) is 0 Å². The van der Waals surface area contributed by atoms with Crippen LogP contribution in [0.15, 0.2) is 24.3 Å². The highest BCUT2D eigenvalue weighted by atomic mass is 32.2. The first-order valence-electron chi connectivity index (χ1n) is 7.06. The molecule has 23 heavy (non-hydrogen) atoms. The van der Waals surface area contributed by atoms with Crippen molar-refractivity contribution in [3.63, 3.8) is 0 Å². The fourth-order valence-corrected chi connectivity index (χ4v) is 3.35. The van der Waals surface area contributed by atoms with E-state index in [0.29, 0.717) is 10.5 Å². The van der Waals surface area contributed by atoms with Crippen LogP contribution >= 0.6 is 0 Å². The monoisotopic (exact) mass is 349 g/mol. The van der Waals surface area contributed by atoms with Crippen LogP contribution in [0.25, 0.3) is 0 Å². The average molecular weight is 349 g/mol. The van der Waals surface area contributed by atoms with Crippen LogP contribution in [0.3, 0.4) is 0 Å². The normalized spacial score (nSPS) is 23.3. The van der Waals surface area contributed by atoms with Crippen LogP contribution in [0.1, 0.15) is 25.0 Å². The highest BCUT2D eigenvalue weighted by Gasteiger charge is 2.60. The minimum atomic E-state index is -4.73. The van der Waals surface area contributed by atoms with Gasteiger partial charge in [0.25, 0.3) is 0 Å². The minimum absolute atomic E-state index is 0.00667. The van der Waals surface area contributed by atoms with E-state index in [-0.39, 0.29) is 18.5 Å². The van der Waals surface area contributed by atoms with Gasteiger partial charge in [-0.05, 0) is 31.4 Å². The van der Waals surface area contributed by atoms with Crippen molar-refractivity contribution in [1.82, 2.24) is 4.90 Å². The summed E-state index contributed by atoms with van der Waals surface area (Å²) < 4.78 is 64.7. The summed E-state index contributed by atoms with van der Waals surface area (Å²) in [4.78, 5) is 13.1. The Morgan fingerprint density at radius 2 is 1.87 bits per heavy atom. The molecule has 1 aliphatic heterocycles. The SMILES string of the molecule is C[C@@H](C(=O)N1CCc2ccccc2[C@]1(C)C(F)(F)F)S(C)(=O)=O. The smallest absolute Gasteiger partial charge is 0.323 e. The summed E-state index contributed by atoms with van der Waals surface area (Å²) in [6.45, 7) is 1.87. The van der Waals surface area contributed by atoms with Gasteiger partial charge in [0.05, 0.1) is 0 Å². The lowest BCUT2D eigenvalue weighted by atomic mass is 9.81. The van der Waals surface area contributed by atoms with Gasteiger partial charge in [-0.25, -0.2) is 8.42 Å². The molecule has 1 heterocycles. The Labute approximate surface area is 133 Å². The van der Waals surface area contributed by atoms with E-state index >= 15 is 0 Å². The zero-order valence-electron chi connectivity index (χ0n) is 13.0. The molecule has 0 fully saturated rings. The molecule has 0 aromatic heterocycles. The number of nitrogens with zero attached hydrogens (tertiary/aromatic N) is 1. The molecule has 0 radical (unpaired) electrons. The van der Waals surface area contributed by atoms with Gasteiger partial charge in [0.15, 0.2) is 15.4 Å². The second-order valence-electron chi connectivity index (χ2n) is 5.94. The van der Waals surface area contributed by atoms with E-state index in [4.69, 9.17) is 0 Å². The number of sulfone groups is 1. The summed E-state index contributed by atoms with van der Waals surface area (Å²) in [5.41, 5.74) is -2.03. The van der Waals surface area contributed by atoms with Crippen molar-refractivity contribution < 1.29 is 26.4 Å². The molecule has 2 atom stereocenters. The fraction of sp³-hybridized carbons (Fsp3) is 0.533. The van der Waals surface area contributed by atoms with Crippen LogP contribution in [-0.4, -0.2) is 43.5 Å². The molecule has 1 amide bonds. The number of hydrogen-bond acceptors (Lipinski definition) is 3. The van der Waals surface area contributed by atoms with Crippen molar-refractivity contribution >= 4 is 15.7 Å². The number of fused-ring (bicyclic) bond motifs is 1. The molecule has 0 spiro atoms. The maximum absolute atomic E-state index is 13.8. The lowest BCUT2D eigenvalue weighted by molar-refractivity contribution is -0.233. The number of carbonyl (C=O) groups is 1. The molecular formula is C15H18F3NO3S. The molecular weight excluding hydrogens is 331 g/mol. The van der Waals surface area contributed by atoms with E-state index in [1.165, 1.54) is 12.1 Å². The van der Waals surface area contributed by atoms with Gasteiger partial charge < -0.3 is 4.90 Å². The molecule has 8 heteroatoms. The van der Waals surface area contributed by atoms with Crippen molar-refractivity contribution in [2.75, 3.05) is 12.8 Å². The quantitative estimate of drug-likeness (QED) is 0.823. The van der Waals surface area contributed by atoms with Crippen molar-refractivity contribution in [2.45, 2.75) is 37.2 Å². The molecule has 0 N–H and O–H groups in total. The minimum Gasteiger partial charge on any atom is -0.323 e. The lowest BCUT2D eigenvalue weighted by Crippen LogP contribution is -2.61. The van der Waals surface area contributed by atoms with E-state index in [1.807, 2.05) is 0 Å². The van der Waals surface area contributed by atoms with E-state index in [1.54, 1.807) is 12.1 Å². The number of hydrogen-bond donors (Lipinski definition) is 0. The molecule has 1 aliphatic rings. The summed E-state index contributed by atoms with van der Waals surface area (Å²) in [6.07, 6.45) is -3.63. The first-order chi connectivity index (χ1) is 10.4. The molecule has 2 rings (SSSR count). The number of amides is 1. The third-order valence-corrected chi connectivity index (χ3v) is 5.98. The average Bonchev–Trinajstić information content (AvgIpc) is 2.44. The van der Waals surface area contributed by atoms with Crippen molar-refractivity contribution in [2.24, 2.45) is 0 Å². The molecule has 0 aliphatic carbocycles. The van der Waals surface area contributed by atoms with Gasteiger partial charge in [0.1, 0.15) is 5.25 Å². The predicted molar refractivity (Wildman–Crippen MR) is 79.6 cm³/mol. The summed E-state index contributed by atoms with van der Waals surface area (Å²) in [5, 5.41) is -1.52. The van der Waals surface area contributed by atoms with Crippen LogP contribution in [0.5, 0.6) is 0 Å². The summed E-state index contributed by atoms with van der Waals surface area (Å²) >= 11 is 0. The van der Waals surface area contributed by atoms with E-state index < -0.39 is 32.7 Å². The van der Waals surface area contributed by atoms with Gasteiger partial charge in [-0.3, -0.25) is 4.79 Å². The largest absolute Gasteiger partial charge is 0.415 e. The first-order valence-corrected chi connectivity index (χ1v) is 9.01. The highest BCUT2D eigenvalue weighted by Crippen LogP contribution is 2.47. The van der Waals surface area contributed by atoms with Gasteiger partial charge in [-0.1, -0.05) is 24.3 Å². The fourth-order valence-electron chi connectivity index (χ4n) is 2.85. The third kappa shape index (κ3) is 2.84. The molecule has 0 unspecified atom stereocenters. The Morgan fingerprint density at radius 1 is 1.30 bits per heavy atom. The maximum atomic E-state index is 13.8. The van der Waals surface area contributed by atoms with Crippen LogP contribution in [0.4, 0.5) is 13.2 Å². The van der Waals surface area contributed by atoms with Gasteiger partial charge in [0, 0.05) is 12.8 Å². The van der Waals surface area contributed by atoms with Crippen molar-refractivity contribution in [3.8, 4) is 0 Å². The number of alkyl halides is 3. The summed E-state index contributed by atoms with van der Waals surface area (Å²) in [5.74, 6) is -1.03. The molecule has 128 valence electrons. The van der Waals surface area contributed by atoms with Crippen LogP contribution in [0, 0.1) is 0 Å². The Kier molecular flexibility index (Phi) is 4.26. The zero-order valence-corrected chi connectivity index (χ0v) is 13.8. The van der Waals surface area contributed by atoms with Crippen LogP contribution in [-0.2, 0) is 26.6 Å². The molecule has 4 nitrogen and oxygen atoms in total. The van der Waals surface area contributed by atoms with Crippen LogP contribution < -0.4 is 0 Å². The predicted octanol–water partition coefficient (Wildman–Crippen LogP) is 2.28. The molecule has 0 bridgehead atoms. The summed E-state index contributed by atoms with van der Waals surface area (Å²) in [7, 11) is -3.78. The van der Waals surface area contributed by atoms with E-state index in [0.717, 1.165) is 20.1 Å². The Bertz CT molecular complexity index is 730. The third-order valence-electron chi connectivity index (χ3n) is 4.49. The Morgan fingerprint density at radius 3 is 2.39 bits per heavy atom. The standard InChI is InChI=1S/C15H18F3NO3S/c1-10(23(3,21)22)13(20)19-9-8-11-6-4-5-7-12(11)14(19,2)15(16,17)18/h4-7,10H,8-9H2,1-3H3/t10-,14+/m0/s1. The highest BCUT2D eigenvalue weighted by molar-refractivity contribution is 7.92. The topological polar surface area (TPSA) is 54.5 Å². The van der Waals surface area contributed by atoms with Crippen molar-refractivity contribution in [1.29, 1.82) is 0 Å². The molecule has 0 saturated heterocycles. The van der Waals surface area contributed by atoms with Crippen molar-refractivity contribution in [3.05, 3.63) is 35.4 Å². The molecule has 1 aromatic carbocycles. The molecule has 1 aromatic rings. The Balaban J connectivity index is 2.60. The number of carbonyl (C=O) groups excluding carboxylic acids is 1. The maximum Gasteiger partial charge on any atom is 0.415 e. The second kappa shape index (κ2) is 5.51. The zero-order chi connectivity index (χ0) is 17.6. The van der Waals surface area contributed by atoms with Gasteiger partial charge in [0.2, 0.25) is 5.91 Å². The van der Waals surface area contributed by atoms with Gasteiger partial charge in [-0.2, -0.15) is 13.2 Å². The number of benzene rings is 1. The first kappa shape index (κ1) is 17.8. The van der Waals surface area contributed by atoms with E-state index in [2.05, 4.69) is 0 Å². The second-order valence-corrected chi connectivity index (χ2v) is 8.30. The van der Waals surface area contributed by atoms with E-state index in [9.17, 15) is 26.4 Å². The van der Waals surface area contributed by atoms with Gasteiger partial charge in [-0.15, -0.1) is 0 Å². The molecule has 0 saturated carbocycles. The van der Waals surface area contributed by atoms with Gasteiger partial charge >= 0.3 is 6.18 Å². The number of halogens is 3. The summed E-state index contributed by atoms with van der Waals surface area (Å²) in [6, 6.07) is 6.07. The Hall–Kier alpha value is -1.57. The lowest BCUT2D eigenvalue weighted by Gasteiger charge is -2.47. The number of rotatable bonds is 2.